The van der Waals surface area contributed by atoms with E-state index in [2.05, 4.69) is 39.7 Å². The molecular weight excluding hydrogens is 522 g/mol. The molecule has 0 unspecified atom stereocenters. The molecule has 1 amide bonds. The van der Waals surface area contributed by atoms with Gasteiger partial charge in [0.25, 0.3) is 0 Å². The average Bonchev–Trinajstić information content (AvgIpc) is 3.55. The van der Waals surface area contributed by atoms with Crippen LogP contribution in [0.15, 0.2) is 59.1 Å². The molecular formula is C32H38ClN5O2. The van der Waals surface area contributed by atoms with Gasteiger partial charge < -0.3 is 18.8 Å². The third kappa shape index (κ3) is 5.82. The van der Waals surface area contributed by atoms with Gasteiger partial charge in [-0.15, -0.1) is 0 Å². The number of oxazole rings is 1. The summed E-state index contributed by atoms with van der Waals surface area (Å²) in [5.74, 6) is 2.28. The maximum absolute atomic E-state index is 13.3. The predicted octanol–water partition coefficient (Wildman–Crippen LogP) is 5.57. The number of amides is 1. The second-order valence-corrected chi connectivity index (χ2v) is 11.8. The van der Waals surface area contributed by atoms with Gasteiger partial charge in [-0.3, -0.25) is 9.69 Å². The number of hydrogen-bond acceptors (Lipinski definition) is 5. The van der Waals surface area contributed by atoms with Crippen LogP contribution < -0.4 is 0 Å². The van der Waals surface area contributed by atoms with Crippen molar-refractivity contribution < 1.29 is 9.21 Å². The fraction of sp³-hybridized carbons (Fsp3) is 0.438. The van der Waals surface area contributed by atoms with Crippen molar-refractivity contribution in [3.8, 4) is 22.7 Å². The first-order valence-electron chi connectivity index (χ1n) is 14.4. The number of carbonyl (C=O) groups excluding carboxylic acids is 1. The van der Waals surface area contributed by atoms with Gasteiger partial charge in [0.2, 0.25) is 11.8 Å². The zero-order valence-corrected chi connectivity index (χ0v) is 24.2. The Labute approximate surface area is 241 Å². The van der Waals surface area contributed by atoms with Crippen molar-refractivity contribution >= 4 is 28.4 Å². The monoisotopic (exact) mass is 559 g/mol. The van der Waals surface area contributed by atoms with Crippen LogP contribution >= 0.6 is 11.6 Å². The standard InChI is InChI=1S/C32H38ClN5O2/c1-35-15-13-23(14-16-35)21-37-17-19-38(20-18-37)30(39)12-11-29-31(24-7-9-25(33)10-8-24)34-32(40-29)27-22-36(2)28-6-4-3-5-26(27)28/h3-10,22-23H,11-21H2,1-2H3. The number of fused-ring (bicyclic) bond motifs is 1. The fourth-order valence-electron chi connectivity index (χ4n) is 6.15. The molecule has 2 aliphatic heterocycles. The van der Waals surface area contributed by atoms with E-state index in [4.69, 9.17) is 21.0 Å². The van der Waals surface area contributed by atoms with E-state index in [9.17, 15) is 4.79 Å². The number of halogens is 1. The van der Waals surface area contributed by atoms with Crippen LogP contribution in [-0.2, 0) is 18.3 Å². The van der Waals surface area contributed by atoms with Crippen LogP contribution in [0, 0.1) is 5.92 Å². The number of rotatable bonds is 7. The second kappa shape index (κ2) is 11.8. The van der Waals surface area contributed by atoms with E-state index >= 15 is 0 Å². The van der Waals surface area contributed by atoms with Gasteiger partial charge in [0, 0.05) is 80.3 Å². The van der Waals surface area contributed by atoms with Crippen LogP contribution in [0.25, 0.3) is 33.6 Å². The lowest BCUT2D eigenvalue weighted by Gasteiger charge is -2.38. The molecule has 7 nitrogen and oxygen atoms in total. The maximum Gasteiger partial charge on any atom is 0.229 e. The summed E-state index contributed by atoms with van der Waals surface area (Å²) in [4.78, 5) is 25.2. The largest absolute Gasteiger partial charge is 0.440 e. The molecule has 2 saturated heterocycles. The minimum absolute atomic E-state index is 0.184. The van der Waals surface area contributed by atoms with Gasteiger partial charge in [0.15, 0.2) is 0 Å². The molecule has 4 aromatic rings. The summed E-state index contributed by atoms with van der Waals surface area (Å²) >= 11 is 6.17. The van der Waals surface area contributed by atoms with E-state index in [-0.39, 0.29) is 5.91 Å². The summed E-state index contributed by atoms with van der Waals surface area (Å²) in [5, 5.41) is 1.77. The normalized spacial score (nSPS) is 17.6. The van der Waals surface area contributed by atoms with Gasteiger partial charge in [-0.1, -0.05) is 41.9 Å². The average molecular weight is 560 g/mol. The molecule has 0 bridgehead atoms. The summed E-state index contributed by atoms with van der Waals surface area (Å²) in [6.07, 6.45) is 5.53. The quantitative estimate of drug-likeness (QED) is 0.296. The molecule has 0 aliphatic carbocycles. The van der Waals surface area contributed by atoms with Crippen molar-refractivity contribution in [2.24, 2.45) is 13.0 Å². The fourth-order valence-corrected chi connectivity index (χ4v) is 6.28. The highest BCUT2D eigenvalue weighted by Crippen LogP contribution is 2.35. The lowest BCUT2D eigenvalue weighted by molar-refractivity contribution is -0.133. The van der Waals surface area contributed by atoms with E-state index < -0.39 is 0 Å². The van der Waals surface area contributed by atoms with Crippen LogP contribution in [0.4, 0.5) is 0 Å². The lowest BCUT2D eigenvalue weighted by Crippen LogP contribution is -2.50. The van der Waals surface area contributed by atoms with E-state index in [0.717, 1.165) is 72.1 Å². The molecule has 0 radical (unpaired) electrons. The van der Waals surface area contributed by atoms with Crippen molar-refractivity contribution in [2.75, 3.05) is 52.9 Å². The second-order valence-electron chi connectivity index (χ2n) is 11.4. The Kier molecular flexibility index (Phi) is 7.96. The Morgan fingerprint density at radius 2 is 1.70 bits per heavy atom. The summed E-state index contributed by atoms with van der Waals surface area (Å²) in [6, 6.07) is 15.9. The SMILES string of the molecule is CN1CCC(CN2CCN(C(=O)CCc3oc(-c4cn(C)c5ccccc45)nc3-c3ccc(Cl)cc3)CC2)CC1. The smallest absolute Gasteiger partial charge is 0.229 e. The van der Waals surface area contributed by atoms with Gasteiger partial charge in [0.05, 0.1) is 5.56 Å². The molecule has 2 aromatic heterocycles. The number of benzene rings is 2. The Morgan fingerprint density at radius 3 is 2.45 bits per heavy atom. The highest BCUT2D eigenvalue weighted by molar-refractivity contribution is 6.30. The first-order chi connectivity index (χ1) is 19.4. The summed E-state index contributed by atoms with van der Waals surface area (Å²) in [6.45, 7) is 7.08. The molecule has 4 heterocycles. The van der Waals surface area contributed by atoms with Crippen LogP contribution in [0.1, 0.15) is 25.0 Å². The molecule has 2 fully saturated rings. The number of aryl methyl sites for hydroxylation is 2. The van der Waals surface area contributed by atoms with Crippen LogP contribution in [0.2, 0.25) is 5.02 Å². The Hall–Kier alpha value is -3.13. The zero-order valence-electron chi connectivity index (χ0n) is 23.5. The number of likely N-dealkylation sites (tertiary alicyclic amines) is 1. The summed E-state index contributed by atoms with van der Waals surface area (Å²) in [7, 11) is 4.24. The van der Waals surface area contributed by atoms with Crippen LogP contribution in [0.5, 0.6) is 0 Å². The molecule has 210 valence electrons. The van der Waals surface area contributed by atoms with E-state index in [1.807, 2.05) is 48.3 Å². The van der Waals surface area contributed by atoms with Gasteiger partial charge in [0.1, 0.15) is 11.5 Å². The van der Waals surface area contributed by atoms with Crippen molar-refractivity contribution in [3.63, 3.8) is 0 Å². The Bertz CT molecular complexity index is 1460. The van der Waals surface area contributed by atoms with Gasteiger partial charge >= 0.3 is 0 Å². The molecule has 0 saturated carbocycles. The van der Waals surface area contributed by atoms with E-state index in [1.165, 1.54) is 25.9 Å². The number of piperazine rings is 1. The van der Waals surface area contributed by atoms with Crippen LogP contribution in [0.3, 0.4) is 0 Å². The highest BCUT2D eigenvalue weighted by Gasteiger charge is 2.26. The molecule has 8 heteroatoms. The lowest BCUT2D eigenvalue weighted by atomic mass is 9.96. The number of aromatic nitrogens is 2. The Balaban J connectivity index is 1.14. The van der Waals surface area contributed by atoms with Crippen molar-refractivity contribution in [1.29, 1.82) is 0 Å². The topological polar surface area (TPSA) is 57.8 Å². The molecule has 0 atom stereocenters. The molecule has 0 N–H and O–H groups in total. The summed E-state index contributed by atoms with van der Waals surface area (Å²) in [5.41, 5.74) is 3.78. The number of hydrogen-bond donors (Lipinski definition) is 0. The van der Waals surface area contributed by atoms with E-state index in [0.29, 0.717) is 23.8 Å². The molecule has 0 spiro atoms. The summed E-state index contributed by atoms with van der Waals surface area (Å²) < 4.78 is 8.50. The van der Waals surface area contributed by atoms with Crippen molar-refractivity contribution in [1.82, 2.24) is 24.3 Å². The third-order valence-corrected chi connectivity index (χ3v) is 8.84. The molecule has 6 rings (SSSR count). The minimum Gasteiger partial charge on any atom is -0.440 e. The highest BCUT2D eigenvalue weighted by atomic mass is 35.5. The minimum atomic E-state index is 0.184. The van der Waals surface area contributed by atoms with Gasteiger partial charge in [-0.05, 0) is 57.1 Å². The third-order valence-electron chi connectivity index (χ3n) is 8.59. The predicted molar refractivity (Wildman–Crippen MR) is 160 cm³/mol. The van der Waals surface area contributed by atoms with E-state index in [1.54, 1.807) is 0 Å². The maximum atomic E-state index is 13.3. The van der Waals surface area contributed by atoms with Gasteiger partial charge in [-0.2, -0.15) is 0 Å². The van der Waals surface area contributed by atoms with Gasteiger partial charge in [-0.25, -0.2) is 4.98 Å². The number of nitrogens with zero attached hydrogens (tertiary/aromatic N) is 5. The molecule has 2 aromatic carbocycles. The first-order valence-corrected chi connectivity index (χ1v) is 14.8. The Morgan fingerprint density at radius 1 is 0.975 bits per heavy atom. The zero-order chi connectivity index (χ0) is 27.6. The van der Waals surface area contributed by atoms with Crippen molar-refractivity contribution in [2.45, 2.75) is 25.7 Å². The van der Waals surface area contributed by atoms with Crippen molar-refractivity contribution in [3.05, 3.63) is 65.5 Å². The van der Waals surface area contributed by atoms with Crippen LogP contribution in [-0.4, -0.2) is 83.0 Å². The molecule has 2 aliphatic rings. The molecule has 40 heavy (non-hydrogen) atoms. The number of para-hydroxylation sites is 1. The number of piperidine rings is 1. The first kappa shape index (κ1) is 27.1. The number of carbonyl (C=O) groups is 1.